The van der Waals surface area contributed by atoms with Crippen LogP contribution in [0.1, 0.15) is 12.2 Å². The largest absolute Gasteiger partial charge is 0.352 e. The predicted octanol–water partition coefficient (Wildman–Crippen LogP) is 0.971. The highest BCUT2D eigenvalue weighted by molar-refractivity contribution is 7.99. The van der Waals surface area contributed by atoms with E-state index in [1.807, 2.05) is 41.8 Å². The molecule has 2 aromatic rings. The molecule has 9 heteroatoms. The minimum Gasteiger partial charge on any atom is -0.352 e. The highest BCUT2D eigenvalue weighted by atomic mass is 32.2. The van der Waals surface area contributed by atoms with Crippen molar-refractivity contribution in [3.63, 3.8) is 0 Å². The van der Waals surface area contributed by atoms with Gasteiger partial charge in [0, 0.05) is 11.7 Å². The zero-order valence-electron chi connectivity index (χ0n) is 13.2. The molecule has 1 aromatic carbocycles. The van der Waals surface area contributed by atoms with Crippen LogP contribution >= 0.6 is 11.8 Å². The minimum atomic E-state index is -3.00. The highest BCUT2D eigenvalue weighted by Gasteiger charge is 2.28. The van der Waals surface area contributed by atoms with Crippen LogP contribution in [-0.2, 0) is 14.6 Å². The summed E-state index contributed by atoms with van der Waals surface area (Å²) < 4.78 is 24.7. The van der Waals surface area contributed by atoms with Crippen LogP contribution in [0.4, 0.5) is 0 Å². The Morgan fingerprint density at radius 3 is 2.75 bits per heavy atom. The van der Waals surface area contributed by atoms with Gasteiger partial charge in [-0.25, -0.2) is 8.42 Å². The van der Waals surface area contributed by atoms with Crippen LogP contribution < -0.4 is 5.32 Å². The number of aryl methyl sites for hydroxylation is 1. The van der Waals surface area contributed by atoms with Crippen molar-refractivity contribution in [2.75, 3.05) is 17.3 Å². The molecular weight excluding hydrogens is 348 g/mol. The van der Waals surface area contributed by atoms with Crippen molar-refractivity contribution in [2.45, 2.75) is 24.5 Å². The zero-order valence-corrected chi connectivity index (χ0v) is 14.8. The van der Waals surface area contributed by atoms with Crippen LogP contribution in [0.15, 0.2) is 35.5 Å². The average Bonchev–Trinajstić information content (AvgIpc) is 3.08. The van der Waals surface area contributed by atoms with Gasteiger partial charge in [-0.3, -0.25) is 9.36 Å². The average molecular weight is 366 g/mol. The smallest absolute Gasteiger partial charge is 0.230 e. The number of benzene rings is 1. The lowest BCUT2D eigenvalue weighted by Crippen LogP contribution is -2.36. The number of nitrogens with one attached hydrogen (secondary N) is 1. The lowest BCUT2D eigenvalue weighted by Gasteiger charge is -2.11. The van der Waals surface area contributed by atoms with Gasteiger partial charge in [0.1, 0.15) is 5.82 Å². The Morgan fingerprint density at radius 1 is 1.33 bits per heavy atom. The molecule has 2 heterocycles. The molecule has 1 amide bonds. The first-order chi connectivity index (χ1) is 11.4. The quantitative estimate of drug-likeness (QED) is 0.793. The fourth-order valence-electron chi connectivity index (χ4n) is 2.62. The van der Waals surface area contributed by atoms with Crippen molar-refractivity contribution < 1.29 is 13.2 Å². The second-order valence-corrected chi connectivity index (χ2v) is 8.83. The van der Waals surface area contributed by atoms with E-state index in [9.17, 15) is 13.2 Å². The van der Waals surface area contributed by atoms with Crippen LogP contribution in [0.2, 0.25) is 0 Å². The van der Waals surface area contributed by atoms with Gasteiger partial charge in [0.05, 0.1) is 17.3 Å². The lowest BCUT2D eigenvalue weighted by molar-refractivity contribution is -0.119. The number of sulfone groups is 1. The second kappa shape index (κ2) is 6.94. The van der Waals surface area contributed by atoms with Gasteiger partial charge in [-0.05, 0) is 25.5 Å². The number of hydrogen-bond acceptors (Lipinski definition) is 6. The van der Waals surface area contributed by atoms with Crippen LogP contribution in [0.3, 0.4) is 0 Å². The Kier molecular flexibility index (Phi) is 4.91. The fraction of sp³-hybridized carbons (Fsp3) is 0.400. The van der Waals surface area contributed by atoms with Crippen molar-refractivity contribution in [1.82, 2.24) is 20.1 Å². The summed E-state index contributed by atoms with van der Waals surface area (Å²) in [5.74, 6) is 0.893. The summed E-state index contributed by atoms with van der Waals surface area (Å²) in [6.07, 6.45) is 0.484. The summed E-state index contributed by atoms with van der Waals surface area (Å²) in [5.41, 5.74) is 0.935. The van der Waals surface area contributed by atoms with Crippen LogP contribution in [-0.4, -0.2) is 52.4 Å². The van der Waals surface area contributed by atoms with Crippen molar-refractivity contribution in [2.24, 2.45) is 0 Å². The Labute approximate surface area is 144 Å². The topological polar surface area (TPSA) is 94.0 Å². The van der Waals surface area contributed by atoms with E-state index in [4.69, 9.17) is 0 Å². The Hall–Kier alpha value is -1.87. The number of para-hydroxylation sites is 1. The number of carbonyl (C=O) groups is 1. The van der Waals surface area contributed by atoms with Crippen molar-refractivity contribution in [1.29, 1.82) is 0 Å². The van der Waals surface area contributed by atoms with E-state index in [1.54, 1.807) is 0 Å². The molecule has 1 fully saturated rings. The first kappa shape index (κ1) is 17.0. The van der Waals surface area contributed by atoms with Gasteiger partial charge >= 0.3 is 0 Å². The molecule has 0 radical (unpaired) electrons. The van der Waals surface area contributed by atoms with Gasteiger partial charge in [-0.15, -0.1) is 10.2 Å². The van der Waals surface area contributed by atoms with E-state index in [0.29, 0.717) is 11.6 Å². The number of hydrogen-bond donors (Lipinski definition) is 1. The van der Waals surface area contributed by atoms with E-state index in [2.05, 4.69) is 15.5 Å². The molecule has 24 heavy (non-hydrogen) atoms. The molecule has 0 aliphatic carbocycles. The molecule has 1 aromatic heterocycles. The van der Waals surface area contributed by atoms with Crippen LogP contribution in [0.5, 0.6) is 0 Å². The zero-order chi connectivity index (χ0) is 17.2. The molecule has 7 nitrogen and oxygen atoms in total. The molecule has 0 bridgehead atoms. The van der Waals surface area contributed by atoms with Gasteiger partial charge in [0.15, 0.2) is 15.0 Å². The minimum absolute atomic E-state index is 0.0305. The van der Waals surface area contributed by atoms with Gasteiger partial charge in [-0.1, -0.05) is 30.0 Å². The normalized spacial score (nSPS) is 19.3. The number of amides is 1. The molecule has 128 valence electrons. The van der Waals surface area contributed by atoms with Gasteiger partial charge in [0.2, 0.25) is 5.91 Å². The predicted molar refractivity (Wildman–Crippen MR) is 92.0 cm³/mol. The summed E-state index contributed by atoms with van der Waals surface area (Å²) in [7, 11) is -3.00. The Morgan fingerprint density at radius 2 is 2.08 bits per heavy atom. The highest BCUT2D eigenvalue weighted by Crippen LogP contribution is 2.21. The molecule has 3 rings (SSSR count). The van der Waals surface area contributed by atoms with E-state index < -0.39 is 9.84 Å². The first-order valence-corrected chi connectivity index (χ1v) is 10.4. The van der Waals surface area contributed by atoms with E-state index >= 15 is 0 Å². The van der Waals surface area contributed by atoms with Crippen LogP contribution in [0.25, 0.3) is 5.69 Å². The maximum Gasteiger partial charge on any atom is 0.230 e. The maximum atomic E-state index is 12.1. The number of thioether (sulfide) groups is 1. The second-order valence-electron chi connectivity index (χ2n) is 5.66. The summed E-state index contributed by atoms with van der Waals surface area (Å²) in [6.45, 7) is 1.85. The first-order valence-electron chi connectivity index (χ1n) is 7.55. The molecule has 1 N–H and O–H groups in total. The summed E-state index contributed by atoms with van der Waals surface area (Å²) in [5, 5.41) is 11.6. The molecule has 1 aliphatic heterocycles. The fourth-order valence-corrected chi connectivity index (χ4v) is 5.10. The maximum absolute atomic E-state index is 12.1. The Balaban J connectivity index is 1.62. The molecule has 0 unspecified atom stereocenters. The third kappa shape index (κ3) is 3.96. The third-order valence-electron chi connectivity index (χ3n) is 3.74. The summed E-state index contributed by atoms with van der Waals surface area (Å²) >= 11 is 1.28. The standard InChI is InChI=1S/C15H18N4O3S2/c1-11-17-18-15(19(11)13-5-3-2-4-6-13)23-9-14(20)16-12-7-8-24(21,22)10-12/h2-6,12H,7-10H2,1H3,(H,16,20)/t12-/m0/s1. The molecular formula is C15H18N4O3S2. The third-order valence-corrected chi connectivity index (χ3v) is 6.44. The van der Waals surface area contributed by atoms with Crippen molar-refractivity contribution in [3.8, 4) is 5.69 Å². The number of carbonyl (C=O) groups excluding carboxylic acids is 1. The van der Waals surface area contributed by atoms with E-state index in [1.165, 1.54) is 11.8 Å². The molecule has 0 saturated carbocycles. The number of rotatable bonds is 5. The molecule has 1 atom stereocenters. The van der Waals surface area contributed by atoms with E-state index in [0.717, 1.165) is 11.5 Å². The number of nitrogens with zero attached hydrogens (tertiary/aromatic N) is 3. The number of aromatic nitrogens is 3. The van der Waals surface area contributed by atoms with Gasteiger partial charge in [-0.2, -0.15) is 0 Å². The molecule has 1 aliphatic rings. The monoisotopic (exact) mass is 366 g/mol. The van der Waals surface area contributed by atoms with Gasteiger partial charge < -0.3 is 5.32 Å². The molecule has 0 spiro atoms. The van der Waals surface area contributed by atoms with Gasteiger partial charge in [0.25, 0.3) is 0 Å². The summed E-state index contributed by atoms with van der Waals surface area (Å²) in [4.78, 5) is 12.1. The summed E-state index contributed by atoms with van der Waals surface area (Å²) in [6, 6.07) is 9.40. The van der Waals surface area contributed by atoms with E-state index in [-0.39, 0.29) is 29.2 Å². The molecule has 1 saturated heterocycles. The Bertz CT molecular complexity index is 834. The van der Waals surface area contributed by atoms with Crippen LogP contribution in [0, 0.1) is 6.92 Å². The SMILES string of the molecule is Cc1nnc(SCC(=O)N[C@H]2CCS(=O)(=O)C2)n1-c1ccccc1. The lowest BCUT2D eigenvalue weighted by atomic mass is 10.3. The van der Waals surface area contributed by atoms with Crippen molar-refractivity contribution >= 4 is 27.5 Å². The van der Waals surface area contributed by atoms with Crippen molar-refractivity contribution in [3.05, 3.63) is 36.2 Å².